The fourth-order valence-corrected chi connectivity index (χ4v) is 3.71. The third-order valence-corrected chi connectivity index (χ3v) is 4.55. The van der Waals surface area contributed by atoms with E-state index >= 15 is 0 Å². The van der Waals surface area contributed by atoms with Crippen LogP contribution >= 0.6 is 47.2 Å². The number of nitrogens with one attached hydrogen (secondary N) is 2. The number of hydrogen-bond acceptors (Lipinski definition) is 3. The number of piperidine rings is 1. The van der Waals surface area contributed by atoms with Gasteiger partial charge in [-0.05, 0) is 51.0 Å². The van der Waals surface area contributed by atoms with E-state index in [0.29, 0.717) is 33.2 Å². The Kier molecular flexibility index (Phi) is 8.98. The summed E-state index contributed by atoms with van der Waals surface area (Å²) in [6.45, 7) is 3.19. The van der Waals surface area contributed by atoms with E-state index in [0.717, 1.165) is 26.1 Å². The molecule has 0 radical (unpaired) electrons. The number of hydrogen-bond donors (Lipinski definition) is 2. The zero-order valence-electron chi connectivity index (χ0n) is 12.9. The van der Waals surface area contributed by atoms with Crippen LogP contribution in [0.4, 0.5) is 5.69 Å². The highest BCUT2D eigenvalue weighted by molar-refractivity contribution is 6.42. The van der Waals surface area contributed by atoms with Crippen LogP contribution in [0.15, 0.2) is 12.1 Å². The lowest BCUT2D eigenvalue weighted by molar-refractivity contribution is -0.117. The van der Waals surface area contributed by atoms with E-state index < -0.39 is 0 Å². The van der Waals surface area contributed by atoms with Crippen molar-refractivity contribution in [2.75, 3.05) is 38.5 Å². The molecule has 8 heteroatoms. The van der Waals surface area contributed by atoms with Crippen LogP contribution in [0, 0.1) is 5.92 Å². The second-order valence-corrected chi connectivity index (χ2v) is 6.84. The first-order valence-corrected chi connectivity index (χ1v) is 8.44. The summed E-state index contributed by atoms with van der Waals surface area (Å²) < 4.78 is 0. The minimum Gasteiger partial charge on any atom is -0.322 e. The SMILES string of the molecule is CNCC1CCCN(CC(=O)Nc2c(Cl)cc(Cl)cc2Cl)C1.Cl. The Morgan fingerprint density at radius 1 is 1.30 bits per heavy atom. The molecule has 1 heterocycles. The molecule has 0 bridgehead atoms. The van der Waals surface area contributed by atoms with Gasteiger partial charge in [0.15, 0.2) is 0 Å². The summed E-state index contributed by atoms with van der Waals surface area (Å²) in [6, 6.07) is 3.13. The maximum atomic E-state index is 12.2. The lowest BCUT2D eigenvalue weighted by Crippen LogP contribution is -2.42. The number of carbonyl (C=O) groups excluding carboxylic acids is 1. The molecular formula is C15H21Cl4N3O. The van der Waals surface area contributed by atoms with Gasteiger partial charge in [-0.1, -0.05) is 34.8 Å². The second-order valence-electron chi connectivity index (χ2n) is 5.59. The topological polar surface area (TPSA) is 44.4 Å². The smallest absolute Gasteiger partial charge is 0.238 e. The van der Waals surface area contributed by atoms with Crippen molar-refractivity contribution in [2.45, 2.75) is 12.8 Å². The number of carbonyl (C=O) groups is 1. The second kappa shape index (κ2) is 9.92. The highest BCUT2D eigenvalue weighted by atomic mass is 35.5. The van der Waals surface area contributed by atoms with E-state index in [9.17, 15) is 4.79 Å². The van der Waals surface area contributed by atoms with Crippen molar-refractivity contribution in [3.63, 3.8) is 0 Å². The number of anilines is 1. The van der Waals surface area contributed by atoms with E-state index in [4.69, 9.17) is 34.8 Å². The van der Waals surface area contributed by atoms with Gasteiger partial charge in [0.25, 0.3) is 0 Å². The molecule has 1 aromatic rings. The summed E-state index contributed by atoms with van der Waals surface area (Å²) in [6.07, 6.45) is 2.32. The Morgan fingerprint density at radius 2 is 1.96 bits per heavy atom. The molecule has 1 aliphatic heterocycles. The van der Waals surface area contributed by atoms with Crippen molar-refractivity contribution in [1.29, 1.82) is 0 Å². The highest BCUT2D eigenvalue weighted by Crippen LogP contribution is 2.33. The van der Waals surface area contributed by atoms with E-state index in [1.807, 2.05) is 7.05 Å². The van der Waals surface area contributed by atoms with Crippen LogP contribution in [0.1, 0.15) is 12.8 Å². The fraction of sp³-hybridized carbons (Fsp3) is 0.533. The zero-order valence-corrected chi connectivity index (χ0v) is 16.0. The molecule has 0 saturated carbocycles. The summed E-state index contributed by atoms with van der Waals surface area (Å²) in [5.41, 5.74) is 0.418. The molecule has 1 unspecified atom stereocenters. The van der Waals surface area contributed by atoms with Crippen molar-refractivity contribution in [1.82, 2.24) is 10.2 Å². The Hall–Kier alpha value is -0.230. The van der Waals surface area contributed by atoms with Crippen LogP contribution in [-0.4, -0.2) is 44.0 Å². The number of amides is 1. The number of rotatable bonds is 5. The maximum absolute atomic E-state index is 12.2. The van der Waals surface area contributed by atoms with Crippen LogP contribution < -0.4 is 10.6 Å². The van der Waals surface area contributed by atoms with Crippen LogP contribution in [0.2, 0.25) is 15.1 Å². The van der Waals surface area contributed by atoms with Gasteiger partial charge < -0.3 is 10.6 Å². The molecule has 1 aliphatic rings. The quantitative estimate of drug-likeness (QED) is 0.786. The highest BCUT2D eigenvalue weighted by Gasteiger charge is 2.21. The largest absolute Gasteiger partial charge is 0.322 e. The summed E-state index contributed by atoms with van der Waals surface area (Å²) in [4.78, 5) is 14.4. The molecular weight excluding hydrogens is 380 g/mol. The normalized spacial score (nSPS) is 18.3. The Balaban J connectivity index is 0.00000264. The van der Waals surface area contributed by atoms with Crippen LogP contribution in [0.25, 0.3) is 0 Å². The maximum Gasteiger partial charge on any atom is 0.238 e. The van der Waals surface area contributed by atoms with Crippen molar-refractivity contribution in [3.05, 3.63) is 27.2 Å². The van der Waals surface area contributed by atoms with Crippen LogP contribution in [0.5, 0.6) is 0 Å². The number of benzene rings is 1. The summed E-state index contributed by atoms with van der Waals surface area (Å²) in [7, 11) is 1.95. The number of nitrogens with zero attached hydrogens (tertiary/aromatic N) is 1. The molecule has 0 spiro atoms. The number of likely N-dealkylation sites (tertiary alicyclic amines) is 1. The molecule has 1 aromatic carbocycles. The molecule has 0 aromatic heterocycles. The average Bonchev–Trinajstić information content (AvgIpc) is 2.43. The molecule has 1 amide bonds. The van der Waals surface area contributed by atoms with Crippen LogP contribution in [0.3, 0.4) is 0 Å². The van der Waals surface area contributed by atoms with Crippen LogP contribution in [-0.2, 0) is 4.79 Å². The zero-order chi connectivity index (χ0) is 16.1. The lowest BCUT2D eigenvalue weighted by atomic mass is 9.98. The minimum absolute atomic E-state index is 0. The van der Waals surface area contributed by atoms with Gasteiger partial charge in [0.1, 0.15) is 0 Å². The summed E-state index contributed by atoms with van der Waals surface area (Å²) >= 11 is 18.0. The van der Waals surface area contributed by atoms with Gasteiger partial charge >= 0.3 is 0 Å². The van der Waals surface area contributed by atoms with Gasteiger partial charge in [-0.3, -0.25) is 9.69 Å². The third kappa shape index (κ3) is 6.29. The van der Waals surface area contributed by atoms with E-state index in [2.05, 4.69) is 15.5 Å². The first kappa shape index (κ1) is 20.8. The third-order valence-electron chi connectivity index (χ3n) is 3.73. The first-order chi connectivity index (χ1) is 10.5. The fourth-order valence-electron chi connectivity index (χ4n) is 2.79. The molecule has 1 atom stereocenters. The standard InChI is InChI=1S/C15H20Cl3N3O.ClH/c1-19-7-10-3-2-4-21(8-10)9-14(22)20-15-12(17)5-11(16)6-13(15)18;/h5-6,10,19H,2-4,7-9H2,1H3,(H,20,22);1H. The van der Waals surface area contributed by atoms with Gasteiger partial charge in [-0.15, -0.1) is 12.4 Å². The first-order valence-electron chi connectivity index (χ1n) is 7.31. The molecule has 0 aliphatic carbocycles. The summed E-state index contributed by atoms with van der Waals surface area (Å²) in [5.74, 6) is 0.477. The predicted molar refractivity (Wildman–Crippen MR) is 100 cm³/mol. The van der Waals surface area contributed by atoms with Gasteiger partial charge in [0, 0.05) is 11.6 Å². The van der Waals surface area contributed by atoms with E-state index in [1.54, 1.807) is 12.1 Å². The predicted octanol–water partition coefficient (Wildman–Crippen LogP) is 3.94. The van der Waals surface area contributed by atoms with Gasteiger partial charge in [-0.2, -0.15) is 0 Å². The van der Waals surface area contributed by atoms with Gasteiger partial charge in [-0.25, -0.2) is 0 Å². The molecule has 2 N–H and O–H groups in total. The average molecular weight is 401 g/mol. The summed E-state index contributed by atoms with van der Waals surface area (Å²) in [5, 5.41) is 7.11. The lowest BCUT2D eigenvalue weighted by Gasteiger charge is -2.32. The van der Waals surface area contributed by atoms with E-state index in [1.165, 1.54) is 6.42 Å². The van der Waals surface area contributed by atoms with Crippen molar-refractivity contribution >= 4 is 58.8 Å². The molecule has 1 saturated heterocycles. The van der Waals surface area contributed by atoms with Gasteiger partial charge in [0.05, 0.1) is 22.3 Å². The molecule has 4 nitrogen and oxygen atoms in total. The molecule has 2 rings (SSSR count). The molecule has 1 fully saturated rings. The molecule has 23 heavy (non-hydrogen) atoms. The van der Waals surface area contributed by atoms with Gasteiger partial charge in [0.2, 0.25) is 5.91 Å². The Bertz CT molecular complexity index is 516. The Labute approximate surface area is 158 Å². The monoisotopic (exact) mass is 399 g/mol. The van der Waals surface area contributed by atoms with E-state index in [-0.39, 0.29) is 18.3 Å². The Morgan fingerprint density at radius 3 is 2.57 bits per heavy atom. The molecule has 130 valence electrons. The van der Waals surface area contributed by atoms with Crippen molar-refractivity contribution < 1.29 is 4.79 Å². The van der Waals surface area contributed by atoms with Crippen molar-refractivity contribution in [2.24, 2.45) is 5.92 Å². The number of halogens is 4. The minimum atomic E-state index is -0.115. The van der Waals surface area contributed by atoms with Crippen molar-refractivity contribution in [3.8, 4) is 0 Å².